The number of aliphatic carboxylic acids is 1. The lowest BCUT2D eigenvalue weighted by atomic mass is 9.87. The van der Waals surface area contributed by atoms with Crippen molar-refractivity contribution >= 4 is 23.2 Å². The third-order valence-electron chi connectivity index (χ3n) is 4.83. The first-order valence-electron chi connectivity index (χ1n) is 9.73. The lowest BCUT2D eigenvalue weighted by molar-refractivity contribution is -0.135. The molecule has 2 heterocycles. The minimum atomic E-state index is -1.32. The van der Waals surface area contributed by atoms with Crippen LogP contribution < -0.4 is 16.6 Å². The number of carboxylic acids is 1. The van der Waals surface area contributed by atoms with Crippen LogP contribution in [0.4, 0.5) is 0 Å². The van der Waals surface area contributed by atoms with Crippen LogP contribution >= 0.6 is 11.3 Å². The van der Waals surface area contributed by atoms with Gasteiger partial charge >= 0.3 is 11.7 Å². The predicted molar refractivity (Wildman–Crippen MR) is 120 cm³/mol. The van der Waals surface area contributed by atoms with Crippen molar-refractivity contribution in [2.24, 2.45) is 0 Å². The van der Waals surface area contributed by atoms with Crippen LogP contribution in [0.2, 0.25) is 0 Å². The molecule has 10 heteroatoms. The van der Waals surface area contributed by atoms with Gasteiger partial charge in [-0.1, -0.05) is 45.0 Å². The molecule has 9 nitrogen and oxygen atoms in total. The van der Waals surface area contributed by atoms with Gasteiger partial charge in [0, 0.05) is 0 Å². The summed E-state index contributed by atoms with van der Waals surface area (Å²) in [6.07, 6.45) is 0. The second-order valence-electron chi connectivity index (χ2n) is 8.18. The first-order chi connectivity index (χ1) is 15.0. The summed E-state index contributed by atoms with van der Waals surface area (Å²) in [5.41, 5.74) is -0.870. The van der Waals surface area contributed by atoms with E-state index in [1.165, 1.54) is 6.07 Å². The Morgan fingerprint density at radius 3 is 2.28 bits per heavy atom. The summed E-state index contributed by atoms with van der Waals surface area (Å²) < 4.78 is 1.71. The third-order valence-corrected chi connectivity index (χ3v) is 5.69. The van der Waals surface area contributed by atoms with Crippen molar-refractivity contribution < 1.29 is 19.8 Å². The number of carbonyl (C=O) groups excluding carboxylic acids is 1. The van der Waals surface area contributed by atoms with Gasteiger partial charge in [-0.25, -0.2) is 9.36 Å². The van der Waals surface area contributed by atoms with E-state index in [-0.39, 0.29) is 17.0 Å². The Kier molecular flexibility index (Phi) is 6.35. The number of amides is 1. The number of benzene rings is 1. The number of hydrogen-bond donors (Lipinski definition) is 3. The summed E-state index contributed by atoms with van der Waals surface area (Å²) in [7, 11) is 0. The molecule has 1 amide bonds. The molecular formula is C22H23N3O6S. The van der Waals surface area contributed by atoms with Gasteiger partial charge in [0.2, 0.25) is 5.88 Å². The lowest BCUT2D eigenvalue weighted by Gasteiger charge is -2.19. The van der Waals surface area contributed by atoms with Gasteiger partial charge in [0.15, 0.2) is 5.56 Å². The molecule has 0 aliphatic carbocycles. The van der Waals surface area contributed by atoms with Gasteiger partial charge in [-0.2, -0.15) is 0 Å². The van der Waals surface area contributed by atoms with Crippen molar-refractivity contribution in [2.75, 3.05) is 6.54 Å². The van der Waals surface area contributed by atoms with Gasteiger partial charge in [-0.3, -0.25) is 19.0 Å². The van der Waals surface area contributed by atoms with Crippen molar-refractivity contribution in [3.8, 4) is 10.9 Å². The van der Waals surface area contributed by atoms with Gasteiger partial charge in [0.25, 0.3) is 11.5 Å². The third kappa shape index (κ3) is 4.65. The maximum atomic E-state index is 13.1. The minimum absolute atomic E-state index is 0.0701. The molecule has 2 aromatic heterocycles. The molecule has 3 rings (SSSR count). The van der Waals surface area contributed by atoms with Gasteiger partial charge < -0.3 is 15.5 Å². The number of nitrogens with zero attached hydrogens (tertiary/aromatic N) is 2. The summed E-state index contributed by atoms with van der Waals surface area (Å²) in [6.45, 7) is 5.36. The van der Waals surface area contributed by atoms with Crippen LogP contribution in [0.5, 0.6) is 5.88 Å². The molecule has 0 aliphatic rings. The largest absolute Gasteiger partial charge is 0.494 e. The number of carbonyl (C=O) groups is 2. The summed E-state index contributed by atoms with van der Waals surface area (Å²) in [6, 6.07) is 10.6. The number of thiophene rings is 1. The van der Waals surface area contributed by atoms with Crippen LogP contribution in [-0.4, -0.2) is 37.8 Å². The number of rotatable bonds is 6. The molecule has 1 aromatic carbocycles. The van der Waals surface area contributed by atoms with Crippen molar-refractivity contribution in [3.63, 3.8) is 0 Å². The zero-order valence-corrected chi connectivity index (χ0v) is 18.6. The van der Waals surface area contributed by atoms with E-state index in [4.69, 9.17) is 5.11 Å². The Morgan fingerprint density at radius 1 is 1.09 bits per heavy atom. The highest BCUT2D eigenvalue weighted by Gasteiger charge is 2.26. The first kappa shape index (κ1) is 23.0. The SMILES string of the molecule is CC(C)(C)c1ccc(Cn2c(O)c(C(=O)NCC(=O)O)c(=O)n(-c3cccs3)c2=O)cc1. The molecule has 0 bridgehead atoms. The monoisotopic (exact) mass is 457 g/mol. The van der Waals surface area contributed by atoms with Crippen LogP contribution in [0.25, 0.3) is 5.00 Å². The Balaban J connectivity index is 2.15. The Morgan fingerprint density at radius 2 is 1.75 bits per heavy atom. The van der Waals surface area contributed by atoms with E-state index in [1.807, 2.05) is 12.1 Å². The van der Waals surface area contributed by atoms with Gasteiger partial charge in [-0.15, -0.1) is 11.3 Å². The molecule has 3 N–H and O–H groups in total. The molecule has 0 atom stereocenters. The molecule has 0 radical (unpaired) electrons. The van der Waals surface area contributed by atoms with Crippen LogP contribution in [0.3, 0.4) is 0 Å². The normalized spacial score (nSPS) is 11.3. The number of carboxylic acid groups (broad SMARTS) is 1. The van der Waals surface area contributed by atoms with Crippen LogP contribution in [0.1, 0.15) is 42.3 Å². The zero-order valence-electron chi connectivity index (χ0n) is 17.8. The van der Waals surface area contributed by atoms with E-state index in [1.54, 1.807) is 23.6 Å². The number of hydrogen-bond acceptors (Lipinski definition) is 6. The standard InChI is InChI=1S/C22H23N3O6S/c1-22(2,3)14-8-6-13(7-9-14)12-24-19(29)17(18(28)23-11-16(26)27)20(30)25(21(24)31)15-5-4-10-32-15/h4-10,29H,11-12H2,1-3H3,(H,23,28)(H,26,27). The fraction of sp³-hybridized carbons (Fsp3) is 0.273. The van der Waals surface area contributed by atoms with E-state index < -0.39 is 41.1 Å². The second-order valence-corrected chi connectivity index (χ2v) is 9.11. The Hall–Kier alpha value is -3.66. The smallest absolute Gasteiger partial charge is 0.339 e. The van der Waals surface area contributed by atoms with Gasteiger partial charge in [0.05, 0.1) is 6.54 Å². The highest BCUT2D eigenvalue weighted by atomic mass is 32.1. The van der Waals surface area contributed by atoms with E-state index in [2.05, 4.69) is 26.1 Å². The van der Waals surface area contributed by atoms with E-state index >= 15 is 0 Å². The predicted octanol–water partition coefficient (Wildman–Crippen LogP) is 1.93. The van der Waals surface area contributed by atoms with Crippen LogP contribution in [0, 0.1) is 0 Å². The zero-order chi connectivity index (χ0) is 23.6. The molecule has 168 valence electrons. The molecule has 3 aromatic rings. The Bertz CT molecular complexity index is 1270. The average molecular weight is 458 g/mol. The van der Waals surface area contributed by atoms with E-state index in [9.17, 15) is 24.3 Å². The molecule has 0 aliphatic heterocycles. The molecule has 0 saturated heterocycles. The quantitative estimate of drug-likeness (QED) is 0.518. The van der Waals surface area contributed by atoms with Crippen molar-refractivity contribution in [1.29, 1.82) is 0 Å². The average Bonchev–Trinajstić information content (AvgIpc) is 3.23. The molecule has 0 spiro atoms. The molecule has 0 fully saturated rings. The van der Waals surface area contributed by atoms with E-state index in [0.29, 0.717) is 5.56 Å². The van der Waals surface area contributed by atoms with Crippen LogP contribution in [-0.2, 0) is 16.8 Å². The maximum absolute atomic E-state index is 13.1. The van der Waals surface area contributed by atoms with Gasteiger partial charge in [0.1, 0.15) is 11.5 Å². The molecule has 0 saturated carbocycles. The lowest BCUT2D eigenvalue weighted by Crippen LogP contribution is -2.44. The van der Waals surface area contributed by atoms with Crippen molar-refractivity contribution in [3.05, 3.63) is 79.3 Å². The fourth-order valence-electron chi connectivity index (χ4n) is 3.11. The number of aromatic hydroxyl groups is 1. The summed E-state index contributed by atoms with van der Waals surface area (Å²) in [5, 5.41) is 23.5. The summed E-state index contributed by atoms with van der Waals surface area (Å²) in [5.74, 6) is -3.23. The molecule has 32 heavy (non-hydrogen) atoms. The van der Waals surface area contributed by atoms with E-state index in [0.717, 1.165) is 26.0 Å². The minimum Gasteiger partial charge on any atom is -0.494 e. The highest BCUT2D eigenvalue weighted by Crippen LogP contribution is 2.23. The highest BCUT2D eigenvalue weighted by molar-refractivity contribution is 7.12. The first-order valence-corrected chi connectivity index (χ1v) is 10.6. The van der Waals surface area contributed by atoms with Crippen LogP contribution in [0.15, 0.2) is 51.4 Å². The summed E-state index contributed by atoms with van der Waals surface area (Å²) >= 11 is 1.11. The number of aromatic nitrogens is 2. The van der Waals surface area contributed by atoms with Gasteiger partial charge in [-0.05, 0) is 34.1 Å². The topological polar surface area (TPSA) is 131 Å². The maximum Gasteiger partial charge on any atom is 0.339 e. The van der Waals surface area contributed by atoms with Crippen molar-refractivity contribution in [1.82, 2.24) is 14.5 Å². The molecule has 0 unspecified atom stereocenters. The Labute approximate surface area is 187 Å². The van der Waals surface area contributed by atoms with Crippen molar-refractivity contribution in [2.45, 2.75) is 32.7 Å². The summed E-state index contributed by atoms with van der Waals surface area (Å²) in [4.78, 5) is 49.4. The number of nitrogens with one attached hydrogen (secondary N) is 1. The fourth-order valence-corrected chi connectivity index (χ4v) is 3.83. The second kappa shape index (κ2) is 8.83. The molecular weight excluding hydrogens is 434 g/mol.